The fourth-order valence-corrected chi connectivity index (χ4v) is 4.05. The molecule has 0 spiro atoms. The van der Waals surface area contributed by atoms with Crippen molar-refractivity contribution in [2.75, 3.05) is 6.61 Å². The number of amides is 1. The normalized spacial score (nSPS) is 12.6. The summed E-state index contributed by atoms with van der Waals surface area (Å²) in [4.78, 5) is 12.3. The van der Waals surface area contributed by atoms with Crippen LogP contribution in [0.1, 0.15) is 37.9 Å². The molecule has 0 fully saturated rings. The summed E-state index contributed by atoms with van der Waals surface area (Å²) in [6.07, 6.45) is 0. The lowest BCUT2D eigenvalue weighted by Crippen LogP contribution is -2.31. The molecule has 0 heterocycles. The minimum absolute atomic E-state index is 0.159. The Morgan fingerprint density at radius 1 is 1.11 bits per heavy atom. The Kier molecular flexibility index (Phi) is 7.46. The van der Waals surface area contributed by atoms with E-state index in [2.05, 4.69) is 10.0 Å². The second kappa shape index (κ2) is 9.41. The summed E-state index contributed by atoms with van der Waals surface area (Å²) in [5, 5.41) is 3.48. The van der Waals surface area contributed by atoms with Crippen molar-refractivity contribution in [3.05, 3.63) is 58.6 Å². The third kappa shape index (κ3) is 6.22. The zero-order valence-electron chi connectivity index (χ0n) is 16.3. The standard InChI is InChI=1S/C20H25ClN2O4S/c1-13(2)23-28(25,26)18-9-10-19(14(3)11-18)27-12-20(24)22-15(4)16-5-7-17(21)8-6-16/h5-11,13,15,23H,12H2,1-4H3,(H,22,24)/t15-/m1/s1. The molecule has 0 radical (unpaired) electrons. The summed E-state index contributed by atoms with van der Waals surface area (Å²) in [6.45, 7) is 6.94. The number of benzene rings is 2. The Hall–Kier alpha value is -2.09. The van der Waals surface area contributed by atoms with Crippen LogP contribution in [0.3, 0.4) is 0 Å². The Bertz CT molecular complexity index is 928. The van der Waals surface area contributed by atoms with Gasteiger partial charge in [0.05, 0.1) is 10.9 Å². The molecule has 2 aromatic rings. The highest BCUT2D eigenvalue weighted by Crippen LogP contribution is 2.22. The van der Waals surface area contributed by atoms with E-state index in [1.54, 1.807) is 39.0 Å². The van der Waals surface area contributed by atoms with Gasteiger partial charge in [0.15, 0.2) is 6.61 Å². The summed E-state index contributed by atoms with van der Waals surface area (Å²) < 4.78 is 32.5. The van der Waals surface area contributed by atoms with Crippen LogP contribution in [0.2, 0.25) is 5.02 Å². The molecular formula is C20H25ClN2O4S. The van der Waals surface area contributed by atoms with Crippen LogP contribution in [0.15, 0.2) is 47.4 Å². The van der Waals surface area contributed by atoms with Gasteiger partial charge in [-0.1, -0.05) is 23.7 Å². The molecule has 1 atom stereocenters. The fraction of sp³-hybridized carbons (Fsp3) is 0.350. The maximum Gasteiger partial charge on any atom is 0.258 e. The molecule has 28 heavy (non-hydrogen) atoms. The van der Waals surface area contributed by atoms with E-state index in [-0.39, 0.29) is 29.5 Å². The molecule has 0 aromatic heterocycles. The molecule has 0 saturated heterocycles. The molecule has 2 N–H and O–H groups in total. The molecule has 0 aliphatic carbocycles. The number of carbonyl (C=O) groups excluding carboxylic acids is 1. The molecular weight excluding hydrogens is 400 g/mol. The van der Waals surface area contributed by atoms with E-state index < -0.39 is 10.0 Å². The highest BCUT2D eigenvalue weighted by Gasteiger charge is 2.17. The van der Waals surface area contributed by atoms with Crippen molar-refractivity contribution in [2.24, 2.45) is 0 Å². The molecule has 1 amide bonds. The summed E-state index contributed by atoms with van der Waals surface area (Å²) in [5.74, 6) is 0.179. The third-order valence-corrected chi connectivity index (χ3v) is 5.86. The van der Waals surface area contributed by atoms with Crippen LogP contribution >= 0.6 is 11.6 Å². The Labute approximate surface area is 171 Å². The van der Waals surface area contributed by atoms with Crippen molar-refractivity contribution in [1.29, 1.82) is 0 Å². The van der Waals surface area contributed by atoms with E-state index in [4.69, 9.17) is 16.3 Å². The molecule has 0 aliphatic heterocycles. The SMILES string of the molecule is Cc1cc(S(=O)(=O)NC(C)C)ccc1OCC(=O)N[C@H](C)c1ccc(Cl)cc1. The first-order chi connectivity index (χ1) is 13.1. The summed E-state index contributed by atoms with van der Waals surface area (Å²) in [5.41, 5.74) is 1.56. The van der Waals surface area contributed by atoms with Gasteiger partial charge in [0.1, 0.15) is 5.75 Å². The average molecular weight is 425 g/mol. The van der Waals surface area contributed by atoms with Crippen LogP contribution in [0.5, 0.6) is 5.75 Å². The van der Waals surface area contributed by atoms with Crippen molar-refractivity contribution in [3.63, 3.8) is 0 Å². The van der Waals surface area contributed by atoms with E-state index in [9.17, 15) is 13.2 Å². The first kappa shape index (κ1) is 22.2. The highest BCUT2D eigenvalue weighted by atomic mass is 35.5. The average Bonchev–Trinajstić information content (AvgIpc) is 2.60. The number of nitrogens with one attached hydrogen (secondary N) is 2. The van der Waals surface area contributed by atoms with E-state index in [0.717, 1.165) is 5.56 Å². The van der Waals surface area contributed by atoms with Crippen LogP contribution in [0, 0.1) is 6.92 Å². The lowest BCUT2D eigenvalue weighted by Gasteiger charge is -2.16. The minimum Gasteiger partial charge on any atom is -0.484 e. The summed E-state index contributed by atoms with van der Waals surface area (Å²) in [7, 11) is -3.57. The predicted molar refractivity (Wildman–Crippen MR) is 110 cm³/mol. The van der Waals surface area contributed by atoms with E-state index >= 15 is 0 Å². The number of rotatable bonds is 8. The predicted octanol–water partition coefficient (Wildman–Crippen LogP) is 3.59. The number of hydrogen-bond donors (Lipinski definition) is 2. The number of halogens is 1. The number of sulfonamides is 1. The van der Waals surface area contributed by atoms with Crippen LogP contribution in [-0.4, -0.2) is 27.0 Å². The largest absolute Gasteiger partial charge is 0.484 e. The Balaban J connectivity index is 1.96. The smallest absolute Gasteiger partial charge is 0.258 e. The number of aryl methyl sites for hydroxylation is 1. The monoisotopic (exact) mass is 424 g/mol. The van der Waals surface area contributed by atoms with E-state index in [1.165, 1.54) is 12.1 Å². The highest BCUT2D eigenvalue weighted by molar-refractivity contribution is 7.89. The van der Waals surface area contributed by atoms with Gasteiger partial charge in [-0.05, 0) is 69.2 Å². The zero-order valence-corrected chi connectivity index (χ0v) is 17.9. The van der Waals surface area contributed by atoms with Crippen LogP contribution < -0.4 is 14.8 Å². The molecule has 0 bridgehead atoms. The van der Waals surface area contributed by atoms with Gasteiger partial charge in [-0.15, -0.1) is 0 Å². The Morgan fingerprint density at radius 2 is 1.75 bits per heavy atom. The second-order valence-electron chi connectivity index (χ2n) is 6.83. The minimum atomic E-state index is -3.57. The zero-order chi connectivity index (χ0) is 20.9. The lowest BCUT2D eigenvalue weighted by atomic mass is 10.1. The maximum atomic E-state index is 12.2. The van der Waals surface area contributed by atoms with Gasteiger partial charge in [0.25, 0.3) is 5.91 Å². The second-order valence-corrected chi connectivity index (χ2v) is 8.98. The van der Waals surface area contributed by atoms with Gasteiger partial charge in [0, 0.05) is 11.1 Å². The molecule has 2 rings (SSSR count). The molecule has 0 saturated carbocycles. The van der Waals surface area contributed by atoms with Crippen molar-refractivity contribution < 1.29 is 17.9 Å². The van der Waals surface area contributed by atoms with Crippen molar-refractivity contribution in [2.45, 2.75) is 44.7 Å². The van der Waals surface area contributed by atoms with Gasteiger partial charge in [-0.25, -0.2) is 13.1 Å². The first-order valence-corrected chi connectivity index (χ1v) is 10.7. The molecule has 0 unspecified atom stereocenters. The van der Waals surface area contributed by atoms with E-state index in [1.807, 2.05) is 19.1 Å². The first-order valence-electron chi connectivity index (χ1n) is 8.89. The van der Waals surface area contributed by atoms with Crippen molar-refractivity contribution in [3.8, 4) is 5.75 Å². The lowest BCUT2D eigenvalue weighted by molar-refractivity contribution is -0.123. The van der Waals surface area contributed by atoms with Gasteiger partial charge in [-0.3, -0.25) is 4.79 Å². The molecule has 6 nitrogen and oxygen atoms in total. The fourth-order valence-electron chi connectivity index (χ4n) is 2.59. The van der Waals surface area contributed by atoms with Gasteiger partial charge in [0.2, 0.25) is 10.0 Å². The van der Waals surface area contributed by atoms with Gasteiger partial charge < -0.3 is 10.1 Å². The number of ether oxygens (including phenoxy) is 1. The Morgan fingerprint density at radius 3 is 2.32 bits per heavy atom. The molecule has 8 heteroatoms. The van der Waals surface area contributed by atoms with Crippen LogP contribution in [0.4, 0.5) is 0 Å². The maximum absolute atomic E-state index is 12.2. The summed E-state index contributed by atoms with van der Waals surface area (Å²) in [6, 6.07) is 11.4. The quantitative estimate of drug-likeness (QED) is 0.678. The van der Waals surface area contributed by atoms with Crippen molar-refractivity contribution in [1.82, 2.24) is 10.0 Å². The molecule has 2 aromatic carbocycles. The summed E-state index contributed by atoms with van der Waals surface area (Å²) >= 11 is 5.87. The van der Waals surface area contributed by atoms with Gasteiger partial charge in [-0.2, -0.15) is 0 Å². The molecule has 0 aliphatic rings. The number of hydrogen-bond acceptors (Lipinski definition) is 4. The van der Waals surface area contributed by atoms with Crippen molar-refractivity contribution >= 4 is 27.5 Å². The van der Waals surface area contributed by atoms with Crippen LogP contribution in [-0.2, 0) is 14.8 Å². The topological polar surface area (TPSA) is 84.5 Å². The molecule has 152 valence electrons. The van der Waals surface area contributed by atoms with Crippen LogP contribution in [0.25, 0.3) is 0 Å². The van der Waals surface area contributed by atoms with E-state index in [0.29, 0.717) is 16.3 Å². The third-order valence-electron chi connectivity index (χ3n) is 3.95. The number of carbonyl (C=O) groups is 1. The van der Waals surface area contributed by atoms with Gasteiger partial charge >= 0.3 is 0 Å².